The summed E-state index contributed by atoms with van der Waals surface area (Å²) in [6, 6.07) is 7.89. The molecule has 2 N–H and O–H groups in total. The highest BCUT2D eigenvalue weighted by Crippen LogP contribution is 2.46. The molecule has 6 rings (SSSR count). The van der Waals surface area contributed by atoms with Crippen LogP contribution >= 0.6 is 0 Å². The van der Waals surface area contributed by atoms with Crippen molar-refractivity contribution in [3.63, 3.8) is 0 Å². The number of pyridine rings is 1. The second-order valence-electron chi connectivity index (χ2n) is 16.1. The van der Waals surface area contributed by atoms with Gasteiger partial charge in [-0.2, -0.15) is 0 Å². The van der Waals surface area contributed by atoms with Gasteiger partial charge in [-0.3, -0.25) is 19.2 Å². The van der Waals surface area contributed by atoms with Crippen molar-refractivity contribution in [1.29, 1.82) is 0 Å². The Morgan fingerprint density at radius 2 is 1.68 bits per heavy atom. The van der Waals surface area contributed by atoms with Gasteiger partial charge in [-0.25, -0.2) is 13.6 Å². The molecule has 0 unspecified atom stereocenters. The topological polar surface area (TPSA) is 158 Å². The van der Waals surface area contributed by atoms with E-state index in [4.69, 9.17) is 14.3 Å². The monoisotopic (exact) mass is 831 g/mol. The summed E-state index contributed by atoms with van der Waals surface area (Å²) in [5.41, 5.74) is -2.58. The number of oxime groups is 1. The van der Waals surface area contributed by atoms with E-state index in [0.717, 1.165) is 31.7 Å². The Morgan fingerprint density at radius 1 is 0.967 bits per heavy atom. The fourth-order valence-electron chi connectivity index (χ4n) is 8.26. The van der Waals surface area contributed by atoms with Crippen molar-refractivity contribution in [1.82, 2.24) is 14.8 Å². The lowest BCUT2D eigenvalue weighted by Crippen LogP contribution is -2.52. The lowest BCUT2D eigenvalue weighted by atomic mass is 9.85. The number of methoxy groups -OCH3 is 1. The summed E-state index contributed by atoms with van der Waals surface area (Å²) < 4.78 is 40.7. The Hall–Kier alpha value is -5.60. The number of unbranched alkanes of at least 4 members (excludes halogenated alkanes) is 10. The van der Waals surface area contributed by atoms with E-state index >= 15 is 0 Å². The molecule has 1 spiro atoms. The van der Waals surface area contributed by atoms with Gasteiger partial charge in [-0.15, -0.1) is 0 Å². The van der Waals surface area contributed by atoms with Crippen LogP contribution in [0.15, 0.2) is 58.6 Å². The number of carbonyl (C=O) groups excluding carboxylic acids is 4. The summed E-state index contributed by atoms with van der Waals surface area (Å²) in [6.07, 6.45) is 15.5. The van der Waals surface area contributed by atoms with Gasteiger partial charge >= 0.3 is 5.97 Å². The molecular formula is C45H55F2N5O8. The number of halogens is 2. The molecule has 3 aliphatic rings. The minimum atomic E-state index is -1.06. The molecule has 60 heavy (non-hydrogen) atoms. The average Bonchev–Trinajstić information content (AvgIpc) is 3.61. The normalized spacial score (nSPS) is 19.2. The van der Waals surface area contributed by atoms with Gasteiger partial charge in [0.05, 0.1) is 25.1 Å². The minimum absolute atomic E-state index is 0.0228. The lowest BCUT2D eigenvalue weighted by molar-refractivity contribution is -0.116. The fraction of sp³-hybridized carbons (Fsp3) is 0.511. The molecule has 1 aromatic heterocycles. The number of benzene rings is 2. The van der Waals surface area contributed by atoms with Gasteiger partial charge in [-0.05, 0) is 50.5 Å². The first-order chi connectivity index (χ1) is 28.9. The van der Waals surface area contributed by atoms with E-state index in [1.807, 2.05) is 6.92 Å². The number of rotatable bonds is 18. The van der Waals surface area contributed by atoms with Crippen molar-refractivity contribution in [3.05, 3.63) is 92.9 Å². The van der Waals surface area contributed by atoms with Gasteiger partial charge in [0, 0.05) is 49.1 Å². The molecule has 0 aliphatic carbocycles. The predicted octanol–water partition coefficient (Wildman–Crippen LogP) is 8.21. The van der Waals surface area contributed by atoms with Gasteiger partial charge in [0.25, 0.3) is 11.8 Å². The number of carbonyl (C=O) groups is 4. The smallest absolute Gasteiger partial charge is 0.343 e. The van der Waals surface area contributed by atoms with Crippen LogP contribution in [0, 0.1) is 11.6 Å². The summed E-state index contributed by atoms with van der Waals surface area (Å²) in [5.74, 6) is -4.81. The molecule has 4 heterocycles. The van der Waals surface area contributed by atoms with Gasteiger partial charge in [-0.1, -0.05) is 88.4 Å². The van der Waals surface area contributed by atoms with Crippen molar-refractivity contribution in [2.24, 2.45) is 5.16 Å². The summed E-state index contributed by atoms with van der Waals surface area (Å²) in [7, 11) is 1.46. The molecule has 0 radical (unpaired) electrons. The van der Waals surface area contributed by atoms with Crippen LogP contribution in [0.25, 0.3) is 0 Å². The van der Waals surface area contributed by atoms with Gasteiger partial charge in [0.2, 0.25) is 23.0 Å². The van der Waals surface area contributed by atoms with E-state index in [1.165, 1.54) is 81.0 Å². The van der Waals surface area contributed by atoms with Crippen molar-refractivity contribution in [2.45, 2.75) is 134 Å². The summed E-state index contributed by atoms with van der Waals surface area (Å²) in [5, 5.41) is 9.46. The van der Waals surface area contributed by atoms with Gasteiger partial charge in [0.15, 0.2) is 11.3 Å². The van der Waals surface area contributed by atoms with E-state index in [-0.39, 0.29) is 41.7 Å². The van der Waals surface area contributed by atoms with E-state index < -0.39 is 64.3 Å². The average molecular weight is 832 g/mol. The maximum atomic E-state index is 14.5. The molecular weight excluding hydrogens is 777 g/mol. The first-order valence-electron chi connectivity index (χ1n) is 21.2. The standard InChI is InChI=1S/C45H55F2N5O8/c1-4-5-6-7-8-9-10-11-12-13-14-18-37(53)49-33-17-15-16-30(23-33)44(57)59-41-39-43(56)51-28-36(45(22-21-29(51)2)25-38(58-3)50-60-45)52(39)27-34(40(41)54)42(55)48-26-31-19-20-32(46)24-35(31)47/h15-17,19-20,23-24,27,29,36H,4-14,18,21-22,25-26,28H2,1-3H3,(H,48,55)(H,49,53)/t29-,36+,45-/m0/s1. The predicted molar refractivity (Wildman–Crippen MR) is 221 cm³/mol. The molecule has 1 saturated heterocycles. The van der Waals surface area contributed by atoms with Crippen LogP contribution in [0.2, 0.25) is 0 Å². The summed E-state index contributed by atoms with van der Waals surface area (Å²) in [6.45, 7) is 3.81. The number of nitrogens with one attached hydrogen (secondary N) is 2. The molecule has 2 bridgehead atoms. The second kappa shape index (κ2) is 20.1. The van der Waals surface area contributed by atoms with Crippen molar-refractivity contribution >= 4 is 35.3 Å². The number of hydrogen-bond acceptors (Lipinski definition) is 9. The number of hydrogen-bond donors (Lipinski definition) is 2. The zero-order valence-corrected chi connectivity index (χ0v) is 34.7. The largest absolute Gasteiger partial charge is 0.482 e. The van der Waals surface area contributed by atoms with Crippen LogP contribution in [0.1, 0.15) is 153 Å². The van der Waals surface area contributed by atoms with E-state index in [1.54, 1.807) is 17.0 Å². The van der Waals surface area contributed by atoms with Crippen LogP contribution in [0.4, 0.5) is 14.5 Å². The second-order valence-corrected chi connectivity index (χ2v) is 16.1. The summed E-state index contributed by atoms with van der Waals surface area (Å²) >= 11 is 0. The molecule has 3 amide bonds. The Bertz CT molecular complexity index is 2160. The molecule has 322 valence electrons. The SMILES string of the molecule is CCCCCCCCCCCCCC(=O)Nc1cccc(C(=O)Oc2c3n(cc(C(=O)NCc4ccc(F)cc4F)c2=O)[C@@H]2CN(C3=O)[C@@H](C)CC[C@]23CC(OC)=NO3)c1. The van der Waals surface area contributed by atoms with Crippen LogP contribution in [-0.2, 0) is 20.9 Å². The third-order valence-electron chi connectivity index (χ3n) is 11.8. The van der Waals surface area contributed by atoms with E-state index in [0.29, 0.717) is 36.9 Å². The van der Waals surface area contributed by atoms with Gasteiger partial charge < -0.3 is 34.4 Å². The zero-order valence-electron chi connectivity index (χ0n) is 34.7. The van der Waals surface area contributed by atoms with E-state index in [9.17, 15) is 32.8 Å². The van der Waals surface area contributed by atoms with Crippen molar-refractivity contribution in [2.75, 3.05) is 19.0 Å². The van der Waals surface area contributed by atoms with Crippen molar-refractivity contribution < 1.29 is 42.3 Å². The van der Waals surface area contributed by atoms with Crippen LogP contribution in [-0.4, -0.2) is 64.4 Å². The number of anilines is 1. The first-order valence-corrected chi connectivity index (χ1v) is 21.2. The number of ether oxygens (including phenoxy) is 2. The molecule has 3 aromatic rings. The molecule has 3 aliphatic heterocycles. The van der Waals surface area contributed by atoms with E-state index in [2.05, 4.69) is 22.7 Å². The molecule has 2 aromatic carbocycles. The lowest BCUT2D eigenvalue weighted by Gasteiger charge is -2.41. The summed E-state index contributed by atoms with van der Waals surface area (Å²) in [4.78, 5) is 76.8. The van der Waals surface area contributed by atoms with Crippen LogP contribution < -0.4 is 20.8 Å². The minimum Gasteiger partial charge on any atom is -0.482 e. The highest BCUT2D eigenvalue weighted by molar-refractivity contribution is 6.01. The molecule has 3 atom stereocenters. The Labute approximate surface area is 348 Å². The molecule has 13 nitrogen and oxygen atoms in total. The number of esters is 1. The number of fused-ring (bicyclic) bond motifs is 5. The number of nitrogens with zero attached hydrogens (tertiary/aromatic N) is 3. The quantitative estimate of drug-likeness (QED) is 0.0960. The maximum absolute atomic E-state index is 14.5. The molecule has 1 fully saturated rings. The zero-order chi connectivity index (χ0) is 42.8. The third kappa shape index (κ3) is 10.2. The highest BCUT2D eigenvalue weighted by Gasteiger charge is 2.55. The first kappa shape index (κ1) is 44.0. The number of aromatic nitrogens is 1. The molecule has 15 heteroatoms. The Balaban J connectivity index is 1.21. The molecule has 0 saturated carbocycles. The maximum Gasteiger partial charge on any atom is 0.343 e. The third-order valence-corrected chi connectivity index (χ3v) is 11.8. The fourth-order valence-corrected chi connectivity index (χ4v) is 8.26. The number of amides is 3. The van der Waals surface area contributed by atoms with Crippen molar-refractivity contribution in [3.8, 4) is 5.75 Å². The van der Waals surface area contributed by atoms with Gasteiger partial charge in [0.1, 0.15) is 17.2 Å². The highest BCUT2D eigenvalue weighted by atomic mass is 19.1. The van der Waals surface area contributed by atoms with Crippen LogP contribution in [0.5, 0.6) is 5.75 Å². The Morgan fingerprint density at radius 3 is 2.37 bits per heavy atom. The Kier molecular flexibility index (Phi) is 14.7. The van der Waals surface area contributed by atoms with Crippen LogP contribution in [0.3, 0.4) is 0 Å².